The number of aromatic amines is 1. The van der Waals surface area contributed by atoms with Crippen molar-refractivity contribution in [1.82, 2.24) is 25.1 Å². The van der Waals surface area contributed by atoms with Crippen molar-refractivity contribution in [2.45, 2.75) is 63.1 Å². The van der Waals surface area contributed by atoms with Gasteiger partial charge in [-0.25, -0.2) is 14.6 Å². The normalized spacial score (nSPS) is 20.9. The molecule has 7 rings (SSSR count). The van der Waals surface area contributed by atoms with Crippen molar-refractivity contribution >= 4 is 41.1 Å². The Hall–Kier alpha value is -5.40. The molecule has 13 heteroatoms. The number of aliphatic imine (C=N–C) groups is 1. The molecule has 0 bridgehead atoms. The molecule has 12 nitrogen and oxygen atoms in total. The Labute approximate surface area is 344 Å². The lowest BCUT2D eigenvalue weighted by Gasteiger charge is -2.31. The minimum atomic E-state index is -0.677. The van der Waals surface area contributed by atoms with Gasteiger partial charge in [0.25, 0.3) is 0 Å². The minimum absolute atomic E-state index is 0.0969. The highest BCUT2D eigenvalue weighted by Gasteiger charge is 2.42. The first-order chi connectivity index (χ1) is 28.1. The Bertz CT molecular complexity index is 2120. The van der Waals surface area contributed by atoms with Crippen molar-refractivity contribution in [3.05, 3.63) is 108 Å². The number of aromatic nitrogens is 2. The number of hydrogen-bond donors (Lipinski definition) is 2. The number of methoxy groups -OCH3 is 2. The summed E-state index contributed by atoms with van der Waals surface area (Å²) < 4.78 is 16.0. The smallest absolute Gasteiger partial charge is 0.410 e. The largest absolute Gasteiger partial charge is 0.453 e. The predicted octanol–water partition coefficient (Wildman–Crippen LogP) is 7.99. The molecule has 0 unspecified atom stereocenters. The van der Waals surface area contributed by atoms with Crippen molar-refractivity contribution < 1.29 is 28.6 Å². The van der Waals surface area contributed by atoms with Gasteiger partial charge in [0.2, 0.25) is 5.91 Å². The molecule has 2 fully saturated rings. The number of carbonyl (C=O) groups excluding carboxylic acids is 3. The molecule has 3 aromatic carbocycles. The molecule has 3 aliphatic rings. The minimum Gasteiger partial charge on any atom is -0.453 e. The SMILES string of the molecule is COC[C@H]1C[C@@H](c2ncc(-c3ccc(-c4ccc(C5=CN=C([C@@H]6C[C@H](SC)CN6C(=O)[C@@H](NC(=O)OC)C(C)C)C5)cc4)cc3)[nH]2)N(C(=O)OCc2ccccc2)C1. The first kappa shape index (κ1) is 40.8. The van der Waals surface area contributed by atoms with Crippen molar-refractivity contribution in [3.63, 3.8) is 0 Å². The lowest BCUT2D eigenvalue weighted by Crippen LogP contribution is -2.53. The number of allylic oxidation sites excluding steroid dienone is 1. The summed E-state index contributed by atoms with van der Waals surface area (Å²) in [5.74, 6) is 0.708. The Balaban J connectivity index is 0.981. The van der Waals surface area contributed by atoms with Crippen molar-refractivity contribution in [2.24, 2.45) is 16.8 Å². The Morgan fingerprint density at radius 1 is 0.879 bits per heavy atom. The Kier molecular flexibility index (Phi) is 13.0. The quantitative estimate of drug-likeness (QED) is 0.139. The molecular weight excluding hydrogens is 753 g/mol. The molecule has 0 spiro atoms. The van der Waals surface area contributed by atoms with Gasteiger partial charge >= 0.3 is 12.2 Å². The fourth-order valence-corrected chi connectivity index (χ4v) is 8.83. The molecule has 0 saturated carbocycles. The van der Waals surface area contributed by atoms with E-state index in [-0.39, 0.29) is 42.5 Å². The second-order valence-electron chi connectivity index (χ2n) is 15.5. The third-order valence-corrected chi connectivity index (χ3v) is 12.3. The molecule has 0 aliphatic carbocycles. The average molecular weight is 805 g/mol. The number of hydrogen-bond acceptors (Lipinski definition) is 9. The standard InChI is InChI=1S/C45H52N6O6S/c1-28(2)41(49-44(53)56-4)43(52)50-25-36(58-5)21-39(50)37-20-35(22-46-37)33-13-11-31(12-14-33)32-15-17-34(18-16-32)38-23-47-42(48-38)40-19-30(26-55-3)24-51(40)45(54)57-27-29-9-7-6-8-10-29/h6-18,22-23,28,30,36,39-41H,19-21,24-27H2,1-5H3,(H,47,48)(H,49,53)/t30-,36-,39-,40-,41-/m0/s1. The number of likely N-dealkylation sites (tertiary alicyclic amines) is 2. The number of ether oxygens (including phenoxy) is 3. The summed E-state index contributed by atoms with van der Waals surface area (Å²) in [5.41, 5.74) is 8.16. The molecule has 4 heterocycles. The third-order valence-electron chi connectivity index (χ3n) is 11.3. The van der Waals surface area contributed by atoms with E-state index in [4.69, 9.17) is 24.2 Å². The molecule has 304 valence electrons. The number of H-pyrrole nitrogens is 1. The topological polar surface area (TPSA) is 138 Å². The highest BCUT2D eigenvalue weighted by atomic mass is 32.2. The molecule has 1 aromatic heterocycles. The van der Waals surface area contributed by atoms with Crippen molar-refractivity contribution in [1.29, 1.82) is 0 Å². The maximum Gasteiger partial charge on any atom is 0.410 e. The van der Waals surface area contributed by atoms with Crippen LogP contribution in [-0.4, -0.2) is 101 Å². The van der Waals surface area contributed by atoms with Crippen molar-refractivity contribution in [2.75, 3.05) is 40.2 Å². The van der Waals surface area contributed by atoms with E-state index in [0.29, 0.717) is 31.4 Å². The number of thioether (sulfide) groups is 1. The molecule has 3 amide bonds. The number of rotatable bonds is 13. The van der Waals surface area contributed by atoms with Crippen LogP contribution in [0.2, 0.25) is 0 Å². The van der Waals surface area contributed by atoms with Crippen LogP contribution < -0.4 is 5.32 Å². The summed E-state index contributed by atoms with van der Waals surface area (Å²) in [5, 5.41) is 3.04. The first-order valence-corrected chi connectivity index (χ1v) is 21.1. The van der Waals surface area contributed by atoms with E-state index in [2.05, 4.69) is 65.1 Å². The first-order valence-electron chi connectivity index (χ1n) is 19.8. The lowest BCUT2D eigenvalue weighted by atomic mass is 9.95. The van der Waals surface area contributed by atoms with Gasteiger partial charge in [-0.15, -0.1) is 0 Å². The third kappa shape index (κ3) is 9.16. The molecule has 2 N–H and O–H groups in total. The van der Waals surface area contributed by atoms with Crippen LogP contribution in [-0.2, 0) is 25.6 Å². The van der Waals surface area contributed by atoms with E-state index in [1.54, 1.807) is 23.8 Å². The summed E-state index contributed by atoms with van der Waals surface area (Å²) in [6.07, 6.45) is 7.06. The van der Waals surface area contributed by atoms with Gasteiger partial charge in [-0.2, -0.15) is 11.8 Å². The maximum absolute atomic E-state index is 13.8. The average Bonchev–Trinajstić information content (AvgIpc) is 4.08. The van der Waals surface area contributed by atoms with Gasteiger partial charge in [0, 0.05) is 49.7 Å². The summed E-state index contributed by atoms with van der Waals surface area (Å²) in [4.78, 5) is 55.9. The summed E-state index contributed by atoms with van der Waals surface area (Å²) in [6.45, 7) is 5.77. The van der Waals surface area contributed by atoms with Crippen LogP contribution in [0.1, 0.15) is 56.1 Å². The molecule has 58 heavy (non-hydrogen) atoms. The van der Waals surface area contributed by atoms with Crippen LogP contribution in [0.4, 0.5) is 9.59 Å². The molecule has 2 saturated heterocycles. The van der Waals surface area contributed by atoms with E-state index in [0.717, 1.165) is 63.5 Å². The lowest BCUT2D eigenvalue weighted by molar-refractivity contribution is -0.134. The number of carbonyl (C=O) groups is 3. The highest BCUT2D eigenvalue weighted by molar-refractivity contribution is 7.99. The van der Waals surface area contributed by atoms with Gasteiger partial charge in [0.1, 0.15) is 18.5 Å². The summed E-state index contributed by atoms with van der Waals surface area (Å²) in [6, 6.07) is 25.5. The number of nitrogens with zero attached hydrogens (tertiary/aromatic N) is 4. The van der Waals surface area contributed by atoms with Crippen molar-refractivity contribution in [3.8, 4) is 22.4 Å². The Morgan fingerprint density at radius 2 is 1.57 bits per heavy atom. The second-order valence-corrected chi connectivity index (χ2v) is 16.6. The molecule has 5 atom stereocenters. The predicted molar refractivity (Wildman–Crippen MR) is 227 cm³/mol. The van der Waals surface area contributed by atoms with Crippen LogP contribution in [0.3, 0.4) is 0 Å². The zero-order valence-electron chi connectivity index (χ0n) is 33.7. The zero-order chi connectivity index (χ0) is 40.8. The van der Waals surface area contributed by atoms with Gasteiger partial charge in [-0.3, -0.25) is 14.7 Å². The van der Waals surface area contributed by atoms with Gasteiger partial charge in [0.05, 0.1) is 37.7 Å². The maximum atomic E-state index is 13.8. The summed E-state index contributed by atoms with van der Waals surface area (Å²) in [7, 11) is 2.99. The van der Waals surface area contributed by atoms with E-state index < -0.39 is 12.1 Å². The van der Waals surface area contributed by atoms with Crippen LogP contribution in [0.5, 0.6) is 0 Å². The van der Waals surface area contributed by atoms with Gasteiger partial charge in [-0.1, -0.05) is 92.7 Å². The fraction of sp³-hybridized carbons (Fsp3) is 0.400. The van der Waals surface area contributed by atoms with Gasteiger partial charge < -0.3 is 29.4 Å². The van der Waals surface area contributed by atoms with Crippen LogP contribution in [0.15, 0.2) is 96.3 Å². The summed E-state index contributed by atoms with van der Waals surface area (Å²) >= 11 is 1.76. The van der Waals surface area contributed by atoms with E-state index in [1.165, 1.54) is 7.11 Å². The molecular formula is C45H52N6O6S. The van der Waals surface area contributed by atoms with Crippen LogP contribution >= 0.6 is 11.8 Å². The number of benzene rings is 3. The van der Waals surface area contributed by atoms with Gasteiger partial charge in [-0.05, 0) is 58.4 Å². The fourth-order valence-electron chi connectivity index (χ4n) is 8.15. The van der Waals surface area contributed by atoms with E-state index in [9.17, 15) is 14.4 Å². The number of amides is 3. The van der Waals surface area contributed by atoms with Gasteiger partial charge in [0.15, 0.2) is 0 Å². The monoisotopic (exact) mass is 804 g/mol. The second kappa shape index (κ2) is 18.5. The number of imidazole rings is 1. The molecule has 0 radical (unpaired) electrons. The Morgan fingerprint density at radius 3 is 2.22 bits per heavy atom. The van der Waals surface area contributed by atoms with E-state index in [1.807, 2.05) is 61.5 Å². The van der Waals surface area contributed by atoms with Crippen LogP contribution in [0.25, 0.3) is 28.0 Å². The highest BCUT2D eigenvalue weighted by Crippen LogP contribution is 2.37. The van der Waals surface area contributed by atoms with Crippen LogP contribution in [0, 0.1) is 11.8 Å². The number of alkyl carbamates (subject to hydrolysis) is 1. The molecule has 3 aliphatic heterocycles. The molecule has 4 aromatic rings. The number of nitrogens with one attached hydrogen (secondary N) is 2. The zero-order valence-corrected chi connectivity index (χ0v) is 34.5. The van der Waals surface area contributed by atoms with E-state index >= 15 is 0 Å².